The number of piperazine rings is 1. The van der Waals surface area contributed by atoms with Crippen LogP contribution in [-0.2, 0) is 0 Å². The third-order valence-electron chi connectivity index (χ3n) is 7.46. The van der Waals surface area contributed by atoms with Gasteiger partial charge in [-0.25, -0.2) is 0 Å². The third-order valence-corrected chi connectivity index (χ3v) is 7.46. The number of ether oxygens (including phenoxy) is 2. The van der Waals surface area contributed by atoms with Gasteiger partial charge in [0.2, 0.25) is 0 Å². The summed E-state index contributed by atoms with van der Waals surface area (Å²) in [5.41, 5.74) is 2.94. The molecule has 0 atom stereocenters. The normalized spacial score (nSPS) is 13.8. The topological polar surface area (TPSA) is 84.3 Å². The number of amides is 1. The summed E-state index contributed by atoms with van der Waals surface area (Å²) in [6, 6.07) is 20.5. The zero-order valence-electron chi connectivity index (χ0n) is 23.2. The van der Waals surface area contributed by atoms with Gasteiger partial charge in [0, 0.05) is 49.9 Å². The van der Waals surface area contributed by atoms with E-state index in [0.717, 1.165) is 61.9 Å². The van der Waals surface area contributed by atoms with E-state index < -0.39 is 0 Å². The van der Waals surface area contributed by atoms with E-state index in [1.54, 1.807) is 39.3 Å². The summed E-state index contributed by atoms with van der Waals surface area (Å²) in [5, 5.41) is 3.43. The van der Waals surface area contributed by atoms with Crippen LogP contribution in [0.1, 0.15) is 22.3 Å². The molecule has 0 spiro atoms. The fourth-order valence-electron chi connectivity index (χ4n) is 5.21. The van der Waals surface area contributed by atoms with Gasteiger partial charge >= 0.3 is 0 Å². The van der Waals surface area contributed by atoms with Crippen LogP contribution in [0.25, 0.3) is 22.3 Å². The largest absolute Gasteiger partial charge is 0.497 e. The SMILES string of the molecule is COc1ccc(OC)c(N2CCN(CCCNC(=O)c3cccc4c(=O)c(C)c(-c5ccccc5)oc34)CC2)c1. The highest BCUT2D eigenvalue weighted by atomic mass is 16.5. The molecule has 3 aromatic carbocycles. The zero-order chi connectivity index (χ0) is 28.1. The van der Waals surface area contributed by atoms with E-state index in [1.807, 2.05) is 48.5 Å². The van der Waals surface area contributed by atoms with Gasteiger partial charge in [0.05, 0.1) is 30.9 Å². The number of hydrogen-bond donors (Lipinski definition) is 1. The van der Waals surface area contributed by atoms with Gasteiger partial charge < -0.3 is 24.1 Å². The fourth-order valence-corrected chi connectivity index (χ4v) is 5.21. The second-order valence-corrected chi connectivity index (χ2v) is 9.91. The maximum absolute atomic E-state index is 13.2. The van der Waals surface area contributed by atoms with Crippen LogP contribution in [0.4, 0.5) is 5.69 Å². The lowest BCUT2D eigenvalue weighted by Gasteiger charge is -2.36. The molecule has 4 aromatic rings. The molecule has 0 unspecified atom stereocenters. The van der Waals surface area contributed by atoms with Crippen molar-refractivity contribution >= 4 is 22.6 Å². The molecule has 0 saturated carbocycles. The lowest BCUT2D eigenvalue weighted by atomic mass is 10.0. The number of methoxy groups -OCH3 is 2. The van der Waals surface area contributed by atoms with E-state index in [1.165, 1.54) is 0 Å². The van der Waals surface area contributed by atoms with Gasteiger partial charge in [-0.15, -0.1) is 0 Å². The number of rotatable bonds is 9. The van der Waals surface area contributed by atoms with E-state index in [2.05, 4.69) is 15.1 Å². The molecule has 1 N–H and O–H groups in total. The smallest absolute Gasteiger partial charge is 0.255 e. The van der Waals surface area contributed by atoms with Gasteiger partial charge in [-0.1, -0.05) is 36.4 Å². The van der Waals surface area contributed by atoms with Crippen molar-refractivity contribution in [2.24, 2.45) is 0 Å². The number of nitrogens with zero attached hydrogens (tertiary/aromatic N) is 2. The van der Waals surface area contributed by atoms with Crippen LogP contribution in [0.5, 0.6) is 11.5 Å². The average molecular weight is 542 g/mol. The molecule has 208 valence electrons. The first kappa shape index (κ1) is 27.3. The van der Waals surface area contributed by atoms with Crippen molar-refractivity contribution in [3.63, 3.8) is 0 Å². The summed E-state index contributed by atoms with van der Waals surface area (Å²) >= 11 is 0. The predicted molar refractivity (Wildman–Crippen MR) is 158 cm³/mol. The molecule has 0 bridgehead atoms. The van der Waals surface area contributed by atoms with Gasteiger partial charge in [-0.3, -0.25) is 14.5 Å². The van der Waals surface area contributed by atoms with Gasteiger partial charge in [0.1, 0.15) is 17.3 Å². The lowest BCUT2D eigenvalue weighted by Crippen LogP contribution is -2.47. The van der Waals surface area contributed by atoms with Crippen molar-refractivity contribution in [3.05, 3.63) is 88.1 Å². The summed E-state index contributed by atoms with van der Waals surface area (Å²) in [5.74, 6) is 1.90. The van der Waals surface area contributed by atoms with Crippen LogP contribution in [0.3, 0.4) is 0 Å². The highest BCUT2D eigenvalue weighted by Gasteiger charge is 2.21. The van der Waals surface area contributed by atoms with E-state index in [-0.39, 0.29) is 11.3 Å². The lowest BCUT2D eigenvalue weighted by molar-refractivity contribution is 0.0952. The summed E-state index contributed by atoms with van der Waals surface area (Å²) in [4.78, 5) is 31.0. The zero-order valence-corrected chi connectivity index (χ0v) is 23.2. The number of anilines is 1. The monoisotopic (exact) mass is 541 g/mol. The summed E-state index contributed by atoms with van der Waals surface area (Å²) in [7, 11) is 3.35. The van der Waals surface area contributed by atoms with E-state index in [4.69, 9.17) is 13.9 Å². The second-order valence-electron chi connectivity index (χ2n) is 9.91. The molecule has 2 heterocycles. The second kappa shape index (κ2) is 12.3. The standard InChI is InChI=1S/C32H35N3O5/c1-22-29(36)25-11-7-12-26(31(25)40-30(22)23-9-5-4-6-10-23)32(37)33-15-8-16-34-17-19-35(20-18-34)27-21-24(38-2)13-14-28(27)39-3/h4-7,9-14,21H,8,15-20H2,1-3H3,(H,33,37). The van der Waals surface area contributed by atoms with Crippen LogP contribution in [-0.4, -0.2) is 64.3 Å². The van der Waals surface area contributed by atoms with E-state index >= 15 is 0 Å². The van der Waals surface area contributed by atoms with Crippen molar-refractivity contribution in [1.29, 1.82) is 0 Å². The molecule has 1 saturated heterocycles. The van der Waals surface area contributed by atoms with Crippen LogP contribution in [0.2, 0.25) is 0 Å². The van der Waals surface area contributed by atoms with E-state index in [9.17, 15) is 9.59 Å². The number of para-hydroxylation sites is 1. The van der Waals surface area contributed by atoms with Gasteiger partial charge in [-0.2, -0.15) is 0 Å². The molecule has 0 radical (unpaired) electrons. The molecule has 40 heavy (non-hydrogen) atoms. The van der Waals surface area contributed by atoms with Crippen molar-refractivity contribution in [1.82, 2.24) is 10.2 Å². The molecule has 1 amide bonds. The molecule has 1 aromatic heterocycles. The Morgan fingerprint density at radius 2 is 1.73 bits per heavy atom. The molecule has 1 fully saturated rings. The van der Waals surface area contributed by atoms with Gasteiger partial charge in [0.25, 0.3) is 5.91 Å². The Bertz CT molecular complexity index is 1540. The Morgan fingerprint density at radius 3 is 2.45 bits per heavy atom. The van der Waals surface area contributed by atoms with Crippen molar-refractivity contribution in [3.8, 4) is 22.8 Å². The number of fused-ring (bicyclic) bond motifs is 1. The molecule has 5 rings (SSSR count). The van der Waals surface area contributed by atoms with Crippen LogP contribution in [0, 0.1) is 6.92 Å². The minimum atomic E-state index is -0.244. The first-order valence-electron chi connectivity index (χ1n) is 13.6. The van der Waals surface area contributed by atoms with Gasteiger partial charge in [-0.05, 0) is 44.2 Å². The number of carbonyl (C=O) groups is 1. The first-order chi connectivity index (χ1) is 19.5. The maximum atomic E-state index is 13.2. The maximum Gasteiger partial charge on any atom is 0.255 e. The first-order valence-corrected chi connectivity index (χ1v) is 13.6. The van der Waals surface area contributed by atoms with Crippen LogP contribution >= 0.6 is 0 Å². The van der Waals surface area contributed by atoms with Crippen molar-refractivity contribution < 1.29 is 18.7 Å². The number of benzene rings is 3. The van der Waals surface area contributed by atoms with E-state index in [0.29, 0.717) is 34.4 Å². The summed E-state index contributed by atoms with van der Waals surface area (Å²) in [6.07, 6.45) is 0.817. The van der Waals surface area contributed by atoms with Gasteiger partial charge in [0.15, 0.2) is 11.0 Å². The molecule has 1 aliphatic heterocycles. The molecule has 8 nitrogen and oxygen atoms in total. The van der Waals surface area contributed by atoms with Crippen molar-refractivity contribution in [2.45, 2.75) is 13.3 Å². The molecule has 0 aliphatic carbocycles. The summed E-state index contributed by atoms with van der Waals surface area (Å²) < 4.78 is 17.2. The fraction of sp³-hybridized carbons (Fsp3) is 0.312. The molecular weight excluding hydrogens is 506 g/mol. The Hall–Kier alpha value is -4.30. The molecular formula is C32H35N3O5. The predicted octanol–water partition coefficient (Wildman–Crippen LogP) is 4.73. The number of carbonyl (C=O) groups excluding carboxylic acids is 1. The van der Waals surface area contributed by atoms with Crippen LogP contribution in [0.15, 0.2) is 75.9 Å². The number of nitrogens with one attached hydrogen (secondary N) is 1. The molecule has 8 heteroatoms. The Balaban J connectivity index is 1.19. The van der Waals surface area contributed by atoms with Crippen molar-refractivity contribution in [2.75, 3.05) is 58.4 Å². The quantitative estimate of drug-likeness (QED) is 0.307. The Morgan fingerprint density at radius 1 is 0.950 bits per heavy atom. The highest BCUT2D eigenvalue weighted by molar-refractivity contribution is 6.05. The minimum absolute atomic E-state index is 0.125. The Labute approximate surface area is 234 Å². The summed E-state index contributed by atoms with van der Waals surface area (Å²) in [6.45, 7) is 6.77. The third kappa shape index (κ3) is 5.67. The highest BCUT2D eigenvalue weighted by Crippen LogP contribution is 2.33. The molecule has 1 aliphatic rings. The average Bonchev–Trinajstić information content (AvgIpc) is 3.01. The Kier molecular flexibility index (Phi) is 8.36. The van der Waals surface area contributed by atoms with Crippen LogP contribution < -0.4 is 25.1 Å². The number of hydrogen-bond acceptors (Lipinski definition) is 7. The minimum Gasteiger partial charge on any atom is -0.497 e.